The van der Waals surface area contributed by atoms with Crippen LogP contribution in [-0.4, -0.2) is 23.5 Å². The van der Waals surface area contributed by atoms with Gasteiger partial charge in [0.15, 0.2) is 0 Å². The summed E-state index contributed by atoms with van der Waals surface area (Å²) >= 11 is 0. The molecule has 2 aromatic rings. The van der Waals surface area contributed by atoms with Crippen LogP contribution in [0.2, 0.25) is 0 Å². The molecule has 4 atom stereocenters. The van der Waals surface area contributed by atoms with Gasteiger partial charge in [0.05, 0.1) is 5.92 Å². The third kappa shape index (κ3) is 2.58. The van der Waals surface area contributed by atoms with Gasteiger partial charge in [-0.25, -0.2) is 9.69 Å². The van der Waals surface area contributed by atoms with Gasteiger partial charge in [0.1, 0.15) is 12.6 Å². The minimum atomic E-state index is -0.529. The van der Waals surface area contributed by atoms with E-state index in [-0.39, 0.29) is 41.7 Å². The molecule has 1 aliphatic heterocycles. The SMILES string of the molecule is CC(C)[C@@]1(c2ccccc2)[C@H](C(=O)N2C(=O)OC[C@H]2c2ccccc2)[C@@H]1C. The standard InChI is InChI=1S/C23H25NO3/c1-15(2)23(18-12-8-5-9-13-18)16(3)20(23)21(25)24-19(14-27-22(24)26)17-10-6-4-7-11-17/h4-13,15-16,19-20H,14H2,1-3H3/t16-,19-,20-,23+/m0/s1. The van der Waals surface area contributed by atoms with Gasteiger partial charge in [0, 0.05) is 5.41 Å². The Morgan fingerprint density at radius 2 is 1.67 bits per heavy atom. The summed E-state index contributed by atoms with van der Waals surface area (Å²) in [5, 5.41) is 0. The fourth-order valence-electron chi connectivity index (χ4n) is 5.13. The Labute approximate surface area is 160 Å². The second-order valence-electron chi connectivity index (χ2n) is 7.93. The predicted molar refractivity (Wildman–Crippen MR) is 103 cm³/mol. The first-order valence-electron chi connectivity index (χ1n) is 9.59. The third-order valence-corrected chi connectivity index (χ3v) is 6.45. The van der Waals surface area contributed by atoms with Crippen LogP contribution in [0, 0.1) is 17.8 Å². The molecule has 1 aliphatic carbocycles. The van der Waals surface area contributed by atoms with E-state index < -0.39 is 6.09 Å². The fourth-order valence-corrected chi connectivity index (χ4v) is 5.13. The molecule has 4 heteroatoms. The lowest BCUT2D eigenvalue weighted by molar-refractivity contribution is -0.131. The summed E-state index contributed by atoms with van der Waals surface area (Å²) in [7, 11) is 0. The van der Waals surface area contributed by atoms with Crippen LogP contribution in [0.4, 0.5) is 4.79 Å². The highest BCUT2D eigenvalue weighted by Gasteiger charge is 2.69. The molecule has 27 heavy (non-hydrogen) atoms. The van der Waals surface area contributed by atoms with Gasteiger partial charge < -0.3 is 4.74 Å². The monoisotopic (exact) mass is 363 g/mol. The van der Waals surface area contributed by atoms with Crippen LogP contribution in [0.3, 0.4) is 0 Å². The number of amides is 2. The molecule has 0 bridgehead atoms. The number of cyclic esters (lactones) is 1. The Kier molecular flexibility index (Phi) is 4.29. The van der Waals surface area contributed by atoms with E-state index in [9.17, 15) is 9.59 Å². The largest absolute Gasteiger partial charge is 0.446 e. The maximum absolute atomic E-state index is 13.5. The van der Waals surface area contributed by atoms with Gasteiger partial charge in [-0.2, -0.15) is 0 Å². The van der Waals surface area contributed by atoms with Gasteiger partial charge in [-0.3, -0.25) is 4.79 Å². The normalized spacial score (nSPS) is 29.7. The van der Waals surface area contributed by atoms with Crippen LogP contribution in [0.1, 0.15) is 37.9 Å². The quantitative estimate of drug-likeness (QED) is 0.800. The number of carbonyl (C=O) groups is 2. The summed E-state index contributed by atoms with van der Waals surface area (Å²) in [5.74, 6) is 0.142. The molecule has 0 spiro atoms. The Balaban J connectivity index is 1.69. The lowest BCUT2D eigenvalue weighted by Gasteiger charge is -2.25. The zero-order chi connectivity index (χ0) is 19.2. The zero-order valence-electron chi connectivity index (χ0n) is 16.0. The summed E-state index contributed by atoms with van der Waals surface area (Å²) in [6.07, 6.45) is -0.529. The van der Waals surface area contributed by atoms with Gasteiger partial charge >= 0.3 is 6.09 Å². The second-order valence-corrected chi connectivity index (χ2v) is 7.93. The van der Waals surface area contributed by atoms with Crippen LogP contribution in [-0.2, 0) is 14.9 Å². The highest BCUT2D eigenvalue weighted by Crippen LogP contribution is 2.65. The summed E-state index contributed by atoms with van der Waals surface area (Å²) in [4.78, 5) is 27.3. The maximum Gasteiger partial charge on any atom is 0.417 e. The minimum absolute atomic E-state index is 0.114. The first-order chi connectivity index (χ1) is 13.0. The Hall–Kier alpha value is -2.62. The van der Waals surface area contributed by atoms with Crippen molar-refractivity contribution >= 4 is 12.0 Å². The van der Waals surface area contributed by atoms with Crippen molar-refractivity contribution in [2.45, 2.75) is 32.2 Å². The van der Waals surface area contributed by atoms with E-state index in [0.717, 1.165) is 5.56 Å². The summed E-state index contributed by atoms with van der Waals surface area (Å²) in [6, 6.07) is 19.5. The van der Waals surface area contributed by atoms with Gasteiger partial charge in [-0.05, 0) is 23.0 Å². The van der Waals surface area contributed by atoms with E-state index in [1.165, 1.54) is 10.5 Å². The fraction of sp³-hybridized carbons (Fsp3) is 0.391. The van der Waals surface area contributed by atoms with Crippen LogP contribution in [0.15, 0.2) is 60.7 Å². The number of hydrogen-bond donors (Lipinski definition) is 0. The summed E-state index contributed by atoms with van der Waals surface area (Å²) in [6.45, 7) is 6.66. The van der Waals surface area contributed by atoms with E-state index in [4.69, 9.17) is 4.74 Å². The van der Waals surface area contributed by atoms with Crippen molar-refractivity contribution in [2.75, 3.05) is 6.61 Å². The third-order valence-electron chi connectivity index (χ3n) is 6.45. The number of ether oxygens (including phenoxy) is 1. The topological polar surface area (TPSA) is 46.6 Å². The molecule has 4 rings (SSSR count). The molecule has 0 N–H and O–H groups in total. The van der Waals surface area contributed by atoms with Crippen molar-refractivity contribution in [1.82, 2.24) is 4.90 Å². The smallest absolute Gasteiger partial charge is 0.417 e. The minimum Gasteiger partial charge on any atom is -0.446 e. The van der Waals surface area contributed by atoms with Gasteiger partial charge in [-0.1, -0.05) is 81.4 Å². The molecule has 2 amide bonds. The lowest BCUT2D eigenvalue weighted by atomic mass is 9.81. The zero-order valence-corrected chi connectivity index (χ0v) is 16.0. The Morgan fingerprint density at radius 1 is 1.07 bits per heavy atom. The number of imide groups is 1. The highest BCUT2D eigenvalue weighted by molar-refractivity contribution is 5.98. The average Bonchev–Trinajstić information content (AvgIpc) is 3.14. The van der Waals surface area contributed by atoms with E-state index in [0.29, 0.717) is 0 Å². The molecule has 2 aromatic carbocycles. The molecule has 1 saturated heterocycles. The number of benzene rings is 2. The van der Waals surface area contributed by atoms with Crippen molar-refractivity contribution in [3.63, 3.8) is 0 Å². The van der Waals surface area contributed by atoms with Gasteiger partial charge in [0.2, 0.25) is 5.91 Å². The van der Waals surface area contributed by atoms with E-state index >= 15 is 0 Å². The maximum atomic E-state index is 13.5. The molecule has 2 aliphatic rings. The summed E-state index contributed by atoms with van der Waals surface area (Å²) < 4.78 is 5.27. The van der Waals surface area contributed by atoms with E-state index in [2.05, 4.69) is 32.9 Å². The van der Waals surface area contributed by atoms with E-state index in [1.54, 1.807) is 0 Å². The van der Waals surface area contributed by atoms with E-state index in [1.807, 2.05) is 48.5 Å². The van der Waals surface area contributed by atoms with Gasteiger partial charge in [-0.15, -0.1) is 0 Å². The Morgan fingerprint density at radius 3 is 2.26 bits per heavy atom. The van der Waals surface area contributed by atoms with Gasteiger partial charge in [0.25, 0.3) is 0 Å². The lowest BCUT2D eigenvalue weighted by Crippen LogP contribution is -2.38. The predicted octanol–water partition coefficient (Wildman–Crippen LogP) is 4.57. The molecule has 140 valence electrons. The molecular formula is C23H25NO3. The number of carbonyl (C=O) groups excluding carboxylic acids is 2. The molecule has 4 nitrogen and oxygen atoms in total. The first-order valence-corrected chi connectivity index (χ1v) is 9.59. The number of hydrogen-bond acceptors (Lipinski definition) is 3. The van der Waals surface area contributed by atoms with Crippen LogP contribution < -0.4 is 0 Å². The van der Waals surface area contributed by atoms with Crippen LogP contribution in [0.25, 0.3) is 0 Å². The molecule has 1 saturated carbocycles. The Bertz CT molecular complexity index is 848. The van der Waals surface area contributed by atoms with Crippen molar-refractivity contribution in [2.24, 2.45) is 17.8 Å². The second kappa shape index (κ2) is 6.52. The number of nitrogens with zero attached hydrogens (tertiary/aromatic N) is 1. The summed E-state index contributed by atoms with van der Waals surface area (Å²) in [5.41, 5.74) is 1.87. The molecule has 0 radical (unpaired) electrons. The highest BCUT2D eigenvalue weighted by atomic mass is 16.6. The van der Waals surface area contributed by atoms with Crippen molar-refractivity contribution in [1.29, 1.82) is 0 Å². The molecular weight excluding hydrogens is 338 g/mol. The van der Waals surface area contributed by atoms with Crippen LogP contribution >= 0.6 is 0 Å². The first kappa shape index (κ1) is 17.8. The van der Waals surface area contributed by atoms with Crippen LogP contribution in [0.5, 0.6) is 0 Å². The number of rotatable bonds is 4. The molecule has 1 heterocycles. The average molecular weight is 363 g/mol. The van der Waals surface area contributed by atoms with Crippen molar-refractivity contribution < 1.29 is 14.3 Å². The van der Waals surface area contributed by atoms with Crippen molar-refractivity contribution in [3.05, 3.63) is 71.8 Å². The molecule has 2 fully saturated rings. The molecule has 0 unspecified atom stereocenters. The van der Waals surface area contributed by atoms with Crippen molar-refractivity contribution in [3.8, 4) is 0 Å². The molecule has 0 aromatic heterocycles.